The lowest BCUT2D eigenvalue weighted by Gasteiger charge is -2.39. The lowest BCUT2D eigenvalue weighted by Crippen LogP contribution is -2.58. The van der Waals surface area contributed by atoms with E-state index in [-0.39, 0.29) is 37.4 Å². The quantitative estimate of drug-likeness (QED) is 0.234. The summed E-state index contributed by atoms with van der Waals surface area (Å²) >= 11 is 7.82. The fourth-order valence-corrected chi connectivity index (χ4v) is 10.5. The molecule has 1 spiro atoms. The fraction of sp³-hybridized carbons (Fsp3) is 0.342. The molecule has 3 fully saturated rings. The molecule has 6 rings (SSSR count). The topological polar surface area (TPSA) is 81.2 Å². The van der Waals surface area contributed by atoms with Crippen LogP contribution in [0.2, 0.25) is 5.02 Å². The van der Waals surface area contributed by atoms with E-state index < -0.39 is 33.4 Å². The Hall–Kier alpha value is -3.85. The zero-order chi connectivity index (χ0) is 33.3. The predicted molar refractivity (Wildman–Crippen MR) is 190 cm³/mol. The maximum atomic E-state index is 15.1. The van der Waals surface area contributed by atoms with Crippen molar-refractivity contribution in [3.8, 4) is 0 Å². The molecular weight excluding hydrogens is 630 g/mol. The SMILES string of the molecule is C=CCN(C(=O)C1N([C@@H](CO)Cc2ccccc2)C(=O)[C@@H]2[C@H](C(=O)N(CC=C)c3ccccc3)[C@]3(C)CCC12S3)c1ccc(Cl)cc1. The van der Waals surface area contributed by atoms with Crippen LogP contribution in [0.25, 0.3) is 0 Å². The number of benzene rings is 3. The molecule has 0 aliphatic carbocycles. The zero-order valence-corrected chi connectivity index (χ0v) is 28.1. The summed E-state index contributed by atoms with van der Waals surface area (Å²) in [6.07, 6.45) is 5.00. The molecule has 7 nitrogen and oxygen atoms in total. The van der Waals surface area contributed by atoms with Gasteiger partial charge in [0.1, 0.15) is 6.04 Å². The Morgan fingerprint density at radius 1 is 0.936 bits per heavy atom. The van der Waals surface area contributed by atoms with Crippen molar-refractivity contribution in [2.75, 3.05) is 29.5 Å². The molecule has 3 saturated heterocycles. The van der Waals surface area contributed by atoms with E-state index in [1.54, 1.807) is 62.9 Å². The molecule has 0 aromatic heterocycles. The molecule has 3 heterocycles. The van der Waals surface area contributed by atoms with Crippen LogP contribution >= 0.6 is 23.4 Å². The Bertz CT molecular complexity index is 1650. The van der Waals surface area contributed by atoms with Gasteiger partial charge in [-0.15, -0.1) is 24.9 Å². The highest BCUT2D eigenvalue weighted by Crippen LogP contribution is 2.72. The summed E-state index contributed by atoms with van der Waals surface area (Å²) in [6.45, 7) is 10.1. The molecule has 47 heavy (non-hydrogen) atoms. The molecule has 2 unspecified atom stereocenters. The normalized spacial score (nSPS) is 26.5. The number of hydrogen-bond acceptors (Lipinski definition) is 5. The highest BCUT2D eigenvalue weighted by atomic mass is 35.5. The molecule has 0 saturated carbocycles. The van der Waals surface area contributed by atoms with E-state index in [2.05, 4.69) is 20.1 Å². The van der Waals surface area contributed by atoms with Gasteiger partial charge in [0.05, 0.1) is 29.2 Å². The average molecular weight is 670 g/mol. The van der Waals surface area contributed by atoms with Crippen LogP contribution in [0.4, 0.5) is 11.4 Å². The first-order valence-electron chi connectivity index (χ1n) is 16.0. The van der Waals surface area contributed by atoms with Crippen molar-refractivity contribution in [3.63, 3.8) is 0 Å². The highest BCUT2D eigenvalue weighted by molar-refractivity contribution is 8.02. The monoisotopic (exact) mass is 669 g/mol. The highest BCUT2D eigenvalue weighted by Gasteiger charge is 2.78. The fourth-order valence-electron chi connectivity index (χ4n) is 8.00. The number of carbonyl (C=O) groups excluding carboxylic acids is 3. The van der Waals surface area contributed by atoms with Crippen molar-refractivity contribution < 1.29 is 19.5 Å². The van der Waals surface area contributed by atoms with Crippen LogP contribution in [0.1, 0.15) is 25.3 Å². The molecule has 3 aromatic rings. The van der Waals surface area contributed by atoms with E-state index in [1.165, 1.54) is 0 Å². The third-order valence-electron chi connectivity index (χ3n) is 9.99. The molecule has 3 aliphatic rings. The van der Waals surface area contributed by atoms with Gasteiger partial charge >= 0.3 is 0 Å². The van der Waals surface area contributed by atoms with Gasteiger partial charge in [-0.25, -0.2) is 0 Å². The number of aliphatic hydroxyl groups excluding tert-OH is 1. The Morgan fingerprint density at radius 2 is 1.51 bits per heavy atom. The number of fused-ring (bicyclic) bond motifs is 1. The lowest BCUT2D eigenvalue weighted by molar-refractivity contribution is -0.142. The summed E-state index contributed by atoms with van der Waals surface area (Å²) in [6, 6.07) is 24.6. The standard InChI is InChI=1S/C38H40ClN3O4S/c1-4-22-40(28-14-10-7-11-15-28)34(44)31-32-35(45)42(30(25-43)24-26-12-8-6-9-13-26)33(38(32)21-20-37(31,3)47-38)36(46)41(23-5-2)29-18-16-27(39)17-19-29/h4-19,30-33,43H,1-2,20-25H2,3H3/t30-,31-,32+,33?,37+,38?/m1/s1. The van der Waals surface area contributed by atoms with Gasteiger partial charge < -0.3 is 19.8 Å². The van der Waals surface area contributed by atoms with Crippen molar-refractivity contribution in [2.45, 2.75) is 47.8 Å². The number of carbonyl (C=O) groups is 3. The first kappa shape index (κ1) is 33.1. The summed E-state index contributed by atoms with van der Waals surface area (Å²) in [5.74, 6) is -2.08. The van der Waals surface area contributed by atoms with Gasteiger partial charge in [0.2, 0.25) is 11.8 Å². The van der Waals surface area contributed by atoms with Crippen molar-refractivity contribution in [2.24, 2.45) is 11.8 Å². The van der Waals surface area contributed by atoms with Crippen LogP contribution < -0.4 is 9.80 Å². The van der Waals surface area contributed by atoms with Crippen LogP contribution in [0.3, 0.4) is 0 Å². The number of aliphatic hydroxyl groups is 1. The van der Waals surface area contributed by atoms with Gasteiger partial charge in [-0.05, 0) is 68.1 Å². The predicted octanol–water partition coefficient (Wildman–Crippen LogP) is 6.16. The van der Waals surface area contributed by atoms with E-state index in [0.29, 0.717) is 30.0 Å². The van der Waals surface area contributed by atoms with E-state index in [4.69, 9.17) is 11.6 Å². The third-order valence-corrected chi connectivity index (χ3v) is 12.2. The molecule has 244 valence electrons. The van der Waals surface area contributed by atoms with Gasteiger partial charge in [-0.1, -0.05) is 72.3 Å². The second-order valence-electron chi connectivity index (χ2n) is 12.8. The van der Waals surface area contributed by atoms with Crippen LogP contribution in [-0.2, 0) is 20.8 Å². The van der Waals surface area contributed by atoms with Crippen molar-refractivity contribution >= 4 is 52.5 Å². The smallest absolute Gasteiger partial charge is 0.251 e. The van der Waals surface area contributed by atoms with Gasteiger partial charge in [0.15, 0.2) is 0 Å². The van der Waals surface area contributed by atoms with E-state index in [1.807, 2.05) is 60.7 Å². The van der Waals surface area contributed by atoms with Crippen molar-refractivity contribution in [3.05, 3.63) is 121 Å². The minimum Gasteiger partial charge on any atom is -0.394 e. The third kappa shape index (κ3) is 5.70. The second-order valence-corrected chi connectivity index (χ2v) is 15.1. The van der Waals surface area contributed by atoms with E-state index in [0.717, 1.165) is 11.3 Å². The van der Waals surface area contributed by atoms with Gasteiger partial charge in [0, 0.05) is 34.2 Å². The number of anilines is 2. The largest absolute Gasteiger partial charge is 0.394 e. The molecule has 1 N–H and O–H groups in total. The number of rotatable bonds is 12. The van der Waals surface area contributed by atoms with Crippen molar-refractivity contribution in [1.29, 1.82) is 0 Å². The zero-order valence-electron chi connectivity index (χ0n) is 26.5. The average Bonchev–Trinajstić information content (AvgIpc) is 3.66. The maximum Gasteiger partial charge on any atom is 0.251 e. The lowest BCUT2D eigenvalue weighted by atomic mass is 9.66. The minimum absolute atomic E-state index is 0.150. The molecule has 0 radical (unpaired) electrons. The second kappa shape index (κ2) is 13.3. The van der Waals surface area contributed by atoms with E-state index in [9.17, 15) is 9.90 Å². The number of amides is 3. The van der Waals surface area contributed by atoms with Gasteiger partial charge in [0.25, 0.3) is 5.91 Å². The Morgan fingerprint density at radius 3 is 2.11 bits per heavy atom. The molecule has 6 atom stereocenters. The summed E-state index contributed by atoms with van der Waals surface area (Å²) in [7, 11) is 0. The summed E-state index contributed by atoms with van der Waals surface area (Å²) in [4.78, 5) is 49.8. The van der Waals surface area contributed by atoms with Gasteiger partial charge in [-0.2, -0.15) is 0 Å². The summed E-state index contributed by atoms with van der Waals surface area (Å²) in [5, 5.41) is 11.4. The maximum absolute atomic E-state index is 15.1. The Labute approximate surface area is 285 Å². The number of thioether (sulfide) groups is 1. The molecule has 2 bridgehead atoms. The molecule has 3 amide bonds. The summed E-state index contributed by atoms with van der Waals surface area (Å²) in [5.41, 5.74) is 2.31. The van der Waals surface area contributed by atoms with Gasteiger partial charge in [-0.3, -0.25) is 14.4 Å². The Balaban J connectivity index is 1.47. The number of halogens is 1. The number of para-hydroxylation sites is 1. The first-order chi connectivity index (χ1) is 22.7. The number of nitrogens with zero attached hydrogens (tertiary/aromatic N) is 3. The van der Waals surface area contributed by atoms with Crippen LogP contribution in [0, 0.1) is 11.8 Å². The number of hydrogen-bond donors (Lipinski definition) is 1. The number of likely N-dealkylation sites (tertiary alicyclic amines) is 1. The van der Waals surface area contributed by atoms with E-state index >= 15 is 9.59 Å². The molecule has 3 aromatic carbocycles. The molecule has 3 aliphatic heterocycles. The van der Waals surface area contributed by atoms with Crippen molar-refractivity contribution in [1.82, 2.24) is 4.90 Å². The summed E-state index contributed by atoms with van der Waals surface area (Å²) < 4.78 is -1.43. The Kier molecular flexibility index (Phi) is 9.38. The van der Waals surface area contributed by atoms with Crippen LogP contribution in [0.5, 0.6) is 0 Å². The molecular formula is C38H40ClN3O4S. The van der Waals surface area contributed by atoms with Crippen LogP contribution in [-0.4, -0.2) is 69.0 Å². The van der Waals surface area contributed by atoms with Crippen LogP contribution in [0.15, 0.2) is 110 Å². The molecule has 9 heteroatoms. The first-order valence-corrected chi connectivity index (χ1v) is 17.2. The minimum atomic E-state index is -0.911.